The molecule has 1 aromatic carbocycles. The van der Waals surface area contributed by atoms with Gasteiger partial charge in [0.05, 0.1) is 6.04 Å². The van der Waals surface area contributed by atoms with Crippen molar-refractivity contribution in [1.29, 1.82) is 0 Å². The summed E-state index contributed by atoms with van der Waals surface area (Å²) in [7, 11) is 1.73. The quantitative estimate of drug-likeness (QED) is 0.751. The molecular formula is C14H21N3O2. The number of hydrogen-bond acceptors (Lipinski definition) is 3. The first kappa shape index (κ1) is 15.2. The number of hydrogen-bond donors (Lipinski definition) is 3. The van der Waals surface area contributed by atoms with E-state index in [4.69, 9.17) is 0 Å². The second kappa shape index (κ2) is 6.89. The molecule has 1 rings (SSSR count). The van der Waals surface area contributed by atoms with Crippen molar-refractivity contribution in [2.24, 2.45) is 0 Å². The lowest BCUT2D eigenvalue weighted by atomic mass is 10.2. The third kappa shape index (κ3) is 4.71. The average Bonchev–Trinajstić information content (AvgIpc) is 2.37. The van der Waals surface area contributed by atoms with E-state index in [-0.39, 0.29) is 23.9 Å². The fourth-order valence-corrected chi connectivity index (χ4v) is 1.43. The van der Waals surface area contributed by atoms with Gasteiger partial charge in [-0.1, -0.05) is 0 Å². The molecule has 1 aromatic rings. The van der Waals surface area contributed by atoms with Gasteiger partial charge in [-0.2, -0.15) is 0 Å². The van der Waals surface area contributed by atoms with E-state index in [1.807, 2.05) is 13.8 Å². The van der Waals surface area contributed by atoms with Gasteiger partial charge in [0.1, 0.15) is 0 Å². The van der Waals surface area contributed by atoms with Crippen LogP contribution in [0.1, 0.15) is 31.1 Å². The van der Waals surface area contributed by atoms with Gasteiger partial charge in [0.15, 0.2) is 0 Å². The third-order valence-corrected chi connectivity index (χ3v) is 2.66. The van der Waals surface area contributed by atoms with Crippen molar-refractivity contribution in [3.05, 3.63) is 29.8 Å². The minimum Gasteiger partial charge on any atom is -0.350 e. The Bertz CT molecular complexity index is 441. The Morgan fingerprint density at radius 1 is 1.05 bits per heavy atom. The lowest BCUT2D eigenvalue weighted by molar-refractivity contribution is -0.117. The van der Waals surface area contributed by atoms with Crippen molar-refractivity contribution >= 4 is 17.5 Å². The number of likely N-dealkylation sites (N-methyl/N-ethyl adjacent to an activating group) is 1. The summed E-state index contributed by atoms with van der Waals surface area (Å²) < 4.78 is 0. The van der Waals surface area contributed by atoms with Crippen LogP contribution in [0.5, 0.6) is 0 Å². The molecule has 19 heavy (non-hydrogen) atoms. The molecule has 0 radical (unpaired) electrons. The van der Waals surface area contributed by atoms with Gasteiger partial charge >= 0.3 is 0 Å². The standard InChI is InChI=1S/C14H21N3O2/c1-9(2)16-14(19)11-5-7-12(8-6-11)17-13(18)10(3)15-4/h5-10,15H,1-4H3,(H,16,19)(H,17,18). The average molecular weight is 263 g/mol. The summed E-state index contributed by atoms with van der Waals surface area (Å²) in [5.41, 5.74) is 1.25. The molecule has 0 bridgehead atoms. The number of anilines is 1. The minimum atomic E-state index is -0.260. The van der Waals surface area contributed by atoms with E-state index in [1.54, 1.807) is 38.2 Å². The highest BCUT2D eigenvalue weighted by Crippen LogP contribution is 2.10. The molecule has 0 aromatic heterocycles. The fourth-order valence-electron chi connectivity index (χ4n) is 1.43. The lowest BCUT2D eigenvalue weighted by Crippen LogP contribution is -2.35. The van der Waals surface area contributed by atoms with Crippen molar-refractivity contribution in [3.8, 4) is 0 Å². The summed E-state index contributed by atoms with van der Waals surface area (Å²) in [6, 6.07) is 6.66. The van der Waals surface area contributed by atoms with Crippen LogP contribution in [0.25, 0.3) is 0 Å². The van der Waals surface area contributed by atoms with E-state index in [2.05, 4.69) is 16.0 Å². The van der Waals surface area contributed by atoms with Crippen LogP contribution < -0.4 is 16.0 Å². The Morgan fingerprint density at radius 3 is 2.11 bits per heavy atom. The molecule has 0 heterocycles. The van der Waals surface area contributed by atoms with E-state index in [1.165, 1.54) is 0 Å². The molecule has 0 aliphatic carbocycles. The zero-order valence-corrected chi connectivity index (χ0v) is 11.8. The predicted octanol–water partition coefficient (Wildman–Crippen LogP) is 1.37. The second-order valence-electron chi connectivity index (χ2n) is 4.71. The van der Waals surface area contributed by atoms with Crippen molar-refractivity contribution < 1.29 is 9.59 Å². The van der Waals surface area contributed by atoms with Gasteiger partial charge in [-0.3, -0.25) is 9.59 Å². The first-order chi connectivity index (χ1) is 8.93. The Labute approximate surface area is 113 Å². The summed E-state index contributed by atoms with van der Waals surface area (Å²) in [6.07, 6.45) is 0. The van der Waals surface area contributed by atoms with Gasteiger partial charge in [-0.05, 0) is 52.1 Å². The summed E-state index contributed by atoms with van der Waals surface area (Å²) in [6.45, 7) is 5.59. The van der Waals surface area contributed by atoms with Crippen LogP contribution in [-0.2, 0) is 4.79 Å². The highest BCUT2D eigenvalue weighted by molar-refractivity contribution is 5.97. The minimum absolute atomic E-state index is 0.100. The van der Waals surface area contributed by atoms with E-state index >= 15 is 0 Å². The van der Waals surface area contributed by atoms with Gasteiger partial charge in [0.25, 0.3) is 5.91 Å². The monoisotopic (exact) mass is 263 g/mol. The van der Waals surface area contributed by atoms with Crippen molar-refractivity contribution in [3.63, 3.8) is 0 Å². The second-order valence-corrected chi connectivity index (χ2v) is 4.71. The largest absolute Gasteiger partial charge is 0.350 e. The van der Waals surface area contributed by atoms with Gasteiger partial charge in [-0.15, -0.1) is 0 Å². The molecule has 0 aliphatic rings. The Morgan fingerprint density at radius 2 is 1.63 bits per heavy atom. The van der Waals surface area contributed by atoms with Crippen molar-refractivity contribution in [2.75, 3.05) is 12.4 Å². The van der Waals surface area contributed by atoms with Gasteiger partial charge < -0.3 is 16.0 Å². The molecular weight excluding hydrogens is 242 g/mol. The fraction of sp³-hybridized carbons (Fsp3) is 0.429. The number of rotatable bonds is 5. The van der Waals surface area contributed by atoms with E-state index in [0.29, 0.717) is 11.3 Å². The molecule has 5 heteroatoms. The van der Waals surface area contributed by atoms with E-state index in [9.17, 15) is 9.59 Å². The van der Waals surface area contributed by atoms with Crippen LogP contribution in [-0.4, -0.2) is 30.9 Å². The maximum Gasteiger partial charge on any atom is 0.251 e. The number of benzene rings is 1. The van der Waals surface area contributed by atoms with Gasteiger partial charge in [0.2, 0.25) is 5.91 Å². The Kier molecular flexibility index (Phi) is 5.51. The van der Waals surface area contributed by atoms with Crippen LogP contribution in [0, 0.1) is 0 Å². The Hall–Kier alpha value is -1.88. The molecule has 1 atom stereocenters. The SMILES string of the molecule is CNC(C)C(=O)Nc1ccc(C(=O)NC(C)C)cc1. The van der Waals surface area contributed by atoms with Crippen LogP contribution >= 0.6 is 0 Å². The zero-order valence-electron chi connectivity index (χ0n) is 11.8. The predicted molar refractivity (Wildman–Crippen MR) is 76.2 cm³/mol. The molecule has 0 aliphatic heterocycles. The molecule has 3 N–H and O–H groups in total. The molecule has 2 amide bonds. The smallest absolute Gasteiger partial charge is 0.251 e. The topological polar surface area (TPSA) is 70.2 Å². The molecule has 0 saturated heterocycles. The van der Waals surface area contributed by atoms with E-state index < -0.39 is 0 Å². The van der Waals surface area contributed by atoms with E-state index in [0.717, 1.165) is 0 Å². The summed E-state index contributed by atoms with van der Waals surface area (Å²) in [5.74, 6) is -0.224. The molecule has 0 spiro atoms. The van der Waals surface area contributed by atoms with Crippen molar-refractivity contribution in [2.45, 2.75) is 32.9 Å². The zero-order chi connectivity index (χ0) is 14.4. The van der Waals surface area contributed by atoms with Gasteiger partial charge in [0, 0.05) is 17.3 Å². The highest BCUT2D eigenvalue weighted by Gasteiger charge is 2.11. The Balaban J connectivity index is 2.66. The first-order valence-electron chi connectivity index (χ1n) is 6.33. The third-order valence-electron chi connectivity index (χ3n) is 2.66. The van der Waals surface area contributed by atoms with Crippen LogP contribution in [0.15, 0.2) is 24.3 Å². The van der Waals surface area contributed by atoms with Crippen LogP contribution in [0.4, 0.5) is 5.69 Å². The van der Waals surface area contributed by atoms with Gasteiger partial charge in [-0.25, -0.2) is 0 Å². The number of nitrogens with one attached hydrogen (secondary N) is 3. The normalized spacial score (nSPS) is 12.1. The van der Waals surface area contributed by atoms with Crippen molar-refractivity contribution in [1.82, 2.24) is 10.6 Å². The van der Waals surface area contributed by atoms with Crippen LogP contribution in [0.2, 0.25) is 0 Å². The summed E-state index contributed by atoms with van der Waals surface area (Å²) >= 11 is 0. The first-order valence-corrected chi connectivity index (χ1v) is 6.33. The number of carbonyl (C=O) groups is 2. The molecule has 0 fully saturated rings. The summed E-state index contributed by atoms with van der Waals surface area (Å²) in [4.78, 5) is 23.4. The molecule has 1 unspecified atom stereocenters. The van der Waals surface area contributed by atoms with Crippen LogP contribution in [0.3, 0.4) is 0 Å². The number of amides is 2. The summed E-state index contributed by atoms with van der Waals surface area (Å²) in [5, 5.41) is 8.44. The highest BCUT2D eigenvalue weighted by atomic mass is 16.2. The number of carbonyl (C=O) groups excluding carboxylic acids is 2. The molecule has 0 saturated carbocycles. The molecule has 5 nitrogen and oxygen atoms in total. The lowest BCUT2D eigenvalue weighted by Gasteiger charge is -2.12. The molecule has 104 valence electrons. The maximum absolute atomic E-state index is 11.7. The maximum atomic E-state index is 11.7.